The lowest BCUT2D eigenvalue weighted by atomic mass is 10.0. The fourth-order valence-electron chi connectivity index (χ4n) is 4.04. The molecular formula is C26H23FN2O2. The second kappa shape index (κ2) is 7.84. The Kier molecular flexibility index (Phi) is 5.19. The fraction of sp³-hybridized carbons (Fsp3) is 0.154. The average Bonchev–Trinajstić information content (AvgIpc) is 2.91. The lowest BCUT2D eigenvalue weighted by molar-refractivity contribution is -0.120. The summed E-state index contributed by atoms with van der Waals surface area (Å²) < 4.78 is 13.5. The molecule has 1 heterocycles. The third-order valence-electron chi connectivity index (χ3n) is 5.17. The van der Waals surface area contributed by atoms with Gasteiger partial charge < -0.3 is 5.32 Å². The Morgan fingerprint density at radius 2 is 1.23 bits per heavy atom. The van der Waals surface area contributed by atoms with Crippen LogP contribution in [-0.2, 0) is 9.59 Å². The van der Waals surface area contributed by atoms with Crippen LogP contribution in [0, 0.1) is 33.5 Å². The molecule has 0 saturated heterocycles. The predicted octanol–water partition coefficient (Wildman–Crippen LogP) is 5.46. The Hall–Kier alpha value is -3.73. The van der Waals surface area contributed by atoms with E-state index in [4.69, 9.17) is 0 Å². The van der Waals surface area contributed by atoms with Crippen LogP contribution in [0.25, 0.3) is 5.57 Å². The standard InChI is InChI=1S/C26H23FN2O2/c1-15-9-16(2)12-21(11-15)28-24-23(19-5-7-20(27)8-6-19)25(30)29(26(24)31)22-13-17(3)10-18(4)14-22/h5-14,28H,1-4H3. The number of benzene rings is 3. The summed E-state index contributed by atoms with van der Waals surface area (Å²) in [5.74, 6) is -1.28. The van der Waals surface area contributed by atoms with E-state index in [1.165, 1.54) is 29.2 Å². The lowest BCUT2D eigenvalue weighted by Gasteiger charge is -2.17. The van der Waals surface area contributed by atoms with Gasteiger partial charge in [-0.05, 0) is 91.9 Å². The Morgan fingerprint density at radius 3 is 1.77 bits per heavy atom. The van der Waals surface area contributed by atoms with Crippen LogP contribution in [0.15, 0.2) is 66.4 Å². The van der Waals surface area contributed by atoms with E-state index in [1.54, 1.807) is 0 Å². The van der Waals surface area contributed by atoms with Gasteiger partial charge in [0.15, 0.2) is 0 Å². The Balaban J connectivity index is 1.85. The van der Waals surface area contributed by atoms with Crippen LogP contribution in [0.5, 0.6) is 0 Å². The highest BCUT2D eigenvalue weighted by Crippen LogP contribution is 2.34. The first-order valence-corrected chi connectivity index (χ1v) is 10.1. The maximum atomic E-state index is 13.5. The summed E-state index contributed by atoms with van der Waals surface area (Å²) >= 11 is 0. The molecule has 0 aliphatic carbocycles. The van der Waals surface area contributed by atoms with Crippen molar-refractivity contribution < 1.29 is 14.0 Å². The summed E-state index contributed by atoms with van der Waals surface area (Å²) in [6.07, 6.45) is 0. The molecule has 4 nitrogen and oxygen atoms in total. The number of hydrogen-bond donors (Lipinski definition) is 1. The van der Waals surface area contributed by atoms with Crippen LogP contribution in [0.1, 0.15) is 27.8 Å². The zero-order valence-corrected chi connectivity index (χ0v) is 17.9. The second-order valence-corrected chi connectivity index (χ2v) is 8.05. The number of amides is 2. The largest absolute Gasteiger partial charge is 0.350 e. The van der Waals surface area contributed by atoms with E-state index < -0.39 is 17.6 Å². The van der Waals surface area contributed by atoms with Gasteiger partial charge >= 0.3 is 0 Å². The van der Waals surface area contributed by atoms with E-state index in [0.717, 1.165) is 27.9 Å². The molecule has 0 atom stereocenters. The van der Waals surface area contributed by atoms with Gasteiger partial charge in [0.25, 0.3) is 11.8 Å². The maximum absolute atomic E-state index is 13.5. The van der Waals surface area contributed by atoms with Gasteiger partial charge in [0.05, 0.1) is 11.3 Å². The molecule has 1 aliphatic rings. The Labute approximate surface area is 181 Å². The molecule has 1 aliphatic heterocycles. The van der Waals surface area contributed by atoms with Gasteiger partial charge in [-0.15, -0.1) is 0 Å². The minimum atomic E-state index is -0.437. The molecule has 0 saturated carbocycles. The van der Waals surface area contributed by atoms with E-state index >= 15 is 0 Å². The highest BCUT2D eigenvalue weighted by molar-refractivity contribution is 6.46. The molecule has 0 unspecified atom stereocenters. The molecule has 0 aromatic heterocycles. The van der Waals surface area contributed by atoms with Crippen molar-refractivity contribution in [3.05, 3.63) is 100.0 Å². The van der Waals surface area contributed by atoms with Gasteiger partial charge in [-0.1, -0.05) is 24.3 Å². The number of rotatable bonds is 4. The van der Waals surface area contributed by atoms with Gasteiger partial charge in [0, 0.05) is 5.69 Å². The van der Waals surface area contributed by atoms with Crippen molar-refractivity contribution in [3.8, 4) is 0 Å². The molecule has 31 heavy (non-hydrogen) atoms. The topological polar surface area (TPSA) is 49.4 Å². The molecule has 4 rings (SSSR count). The predicted molar refractivity (Wildman–Crippen MR) is 121 cm³/mol. The van der Waals surface area contributed by atoms with Crippen LogP contribution in [0.3, 0.4) is 0 Å². The molecule has 2 amide bonds. The van der Waals surface area contributed by atoms with Crippen LogP contribution in [0.4, 0.5) is 15.8 Å². The molecule has 0 bridgehead atoms. The average molecular weight is 414 g/mol. The Bertz CT molecular complexity index is 1200. The van der Waals surface area contributed by atoms with Gasteiger partial charge in [-0.2, -0.15) is 0 Å². The van der Waals surface area contributed by atoms with Gasteiger partial charge in [0.2, 0.25) is 0 Å². The van der Waals surface area contributed by atoms with Crippen LogP contribution < -0.4 is 10.2 Å². The molecule has 1 N–H and O–H groups in total. The Morgan fingerprint density at radius 1 is 0.710 bits per heavy atom. The first-order chi connectivity index (χ1) is 14.7. The summed E-state index contributed by atoms with van der Waals surface area (Å²) in [7, 11) is 0. The van der Waals surface area contributed by atoms with Crippen molar-refractivity contribution in [1.29, 1.82) is 0 Å². The summed E-state index contributed by atoms with van der Waals surface area (Å²) in [4.78, 5) is 28.1. The molecule has 156 valence electrons. The van der Waals surface area contributed by atoms with Gasteiger partial charge in [-0.3, -0.25) is 9.59 Å². The molecule has 0 radical (unpaired) electrons. The van der Waals surface area contributed by atoms with E-state index in [1.807, 2.05) is 64.1 Å². The highest BCUT2D eigenvalue weighted by Gasteiger charge is 2.40. The number of anilines is 2. The van der Waals surface area contributed by atoms with E-state index in [2.05, 4.69) is 5.32 Å². The van der Waals surface area contributed by atoms with Crippen molar-refractivity contribution in [1.82, 2.24) is 0 Å². The summed E-state index contributed by atoms with van der Waals surface area (Å²) in [6.45, 7) is 7.78. The molecule has 0 fully saturated rings. The third-order valence-corrected chi connectivity index (χ3v) is 5.17. The third kappa shape index (κ3) is 3.99. The number of hydrogen-bond acceptors (Lipinski definition) is 3. The minimum absolute atomic E-state index is 0.181. The van der Waals surface area contributed by atoms with Crippen LogP contribution in [-0.4, -0.2) is 11.8 Å². The first kappa shape index (κ1) is 20.5. The van der Waals surface area contributed by atoms with Crippen molar-refractivity contribution in [2.24, 2.45) is 0 Å². The smallest absolute Gasteiger partial charge is 0.282 e. The van der Waals surface area contributed by atoms with Gasteiger partial charge in [0.1, 0.15) is 11.5 Å². The number of imide groups is 1. The quantitative estimate of drug-likeness (QED) is 0.577. The lowest BCUT2D eigenvalue weighted by Crippen LogP contribution is -2.32. The zero-order chi connectivity index (χ0) is 22.3. The fourth-order valence-corrected chi connectivity index (χ4v) is 4.04. The number of nitrogens with zero attached hydrogens (tertiary/aromatic N) is 1. The highest BCUT2D eigenvalue weighted by atomic mass is 19.1. The van der Waals surface area contributed by atoms with Crippen molar-refractivity contribution in [2.75, 3.05) is 10.2 Å². The number of nitrogens with one attached hydrogen (secondary N) is 1. The first-order valence-electron chi connectivity index (χ1n) is 10.1. The van der Waals surface area contributed by atoms with Crippen molar-refractivity contribution in [2.45, 2.75) is 27.7 Å². The number of carbonyl (C=O) groups is 2. The molecule has 3 aromatic rings. The maximum Gasteiger partial charge on any atom is 0.282 e. The number of aryl methyl sites for hydroxylation is 4. The van der Waals surface area contributed by atoms with Crippen LogP contribution >= 0.6 is 0 Å². The van der Waals surface area contributed by atoms with Gasteiger partial charge in [-0.25, -0.2) is 9.29 Å². The number of halogens is 1. The minimum Gasteiger partial charge on any atom is -0.350 e. The van der Waals surface area contributed by atoms with Crippen molar-refractivity contribution in [3.63, 3.8) is 0 Å². The molecule has 5 heteroatoms. The molecular weight excluding hydrogens is 391 g/mol. The summed E-state index contributed by atoms with van der Waals surface area (Å²) in [5.41, 5.74) is 6.11. The van der Waals surface area contributed by atoms with Crippen molar-refractivity contribution >= 4 is 28.8 Å². The zero-order valence-electron chi connectivity index (χ0n) is 17.9. The van der Waals surface area contributed by atoms with E-state index in [9.17, 15) is 14.0 Å². The number of carbonyl (C=O) groups excluding carboxylic acids is 2. The summed E-state index contributed by atoms with van der Waals surface area (Å²) in [5, 5.41) is 3.17. The van der Waals surface area contributed by atoms with Crippen LogP contribution in [0.2, 0.25) is 0 Å². The van der Waals surface area contributed by atoms with E-state index in [0.29, 0.717) is 11.3 Å². The molecule has 3 aromatic carbocycles. The monoisotopic (exact) mass is 414 g/mol. The normalized spacial score (nSPS) is 13.9. The summed E-state index contributed by atoms with van der Waals surface area (Å²) in [6, 6.07) is 17.1. The SMILES string of the molecule is Cc1cc(C)cc(NC2=C(c3ccc(F)cc3)C(=O)N(c3cc(C)cc(C)c3)C2=O)c1. The van der Waals surface area contributed by atoms with E-state index in [-0.39, 0.29) is 11.3 Å². The second-order valence-electron chi connectivity index (χ2n) is 8.05. The molecule has 0 spiro atoms.